The fraction of sp³-hybridized carbons (Fsp3) is 0.520. The van der Waals surface area contributed by atoms with E-state index in [-0.39, 0.29) is 17.2 Å². The van der Waals surface area contributed by atoms with Gasteiger partial charge in [0.25, 0.3) is 0 Å². The summed E-state index contributed by atoms with van der Waals surface area (Å²) < 4.78 is 55.2. The van der Waals surface area contributed by atoms with Crippen molar-refractivity contribution in [2.45, 2.75) is 66.2 Å². The van der Waals surface area contributed by atoms with Crippen LogP contribution in [0.2, 0.25) is 0 Å². The minimum absolute atomic E-state index is 0.0752. The van der Waals surface area contributed by atoms with Crippen LogP contribution in [0.25, 0.3) is 0 Å². The molecule has 3 rings (SSSR count). The molecule has 30 heavy (non-hydrogen) atoms. The van der Waals surface area contributed by atoms with E-state index in [1.807, 2.05) is 6.92 Å². The Bertz CT molecular complexity index is 895. The summed E-state index contributed by atoms with van der Waals surface area (Å²) in [6.45, 7) is 8.78. The number of rotatable bonds is 9. The molecule has 5 heteroatoms. The highest BCUT2D eigenvalue weighted by atomic mass is 19.2. The Kier molecular flexibility index (Phi) is 7.32. The van der Waals surface area contributed by atoms with Crippen molar-refractivity contribution in [3.05, 3.63) is 52.3 Å². The van der Waals surface area contributed by atoms with Gasteiger partial charge in [0.15, 0.2) is 23.1 Å². The van der Waals surface area contributed by atoms with Crippen LogP contribution >= 0.6 is 0 Å². The van der Waals surface area contributed by atoms with Crippen LogP contribution in [0.5, 0.6) is 17.2 Å². The molecule has 2 nitrogen and oxygen atoms in total. The van der Waals surface area contributed by atoms with Crippen molar-refractivity contribution < 1.29 is 22.6 Å². The molecule has 1 heterocycles. The van der Waals surface area contributed by atoms with E-state index in [2.05, 4.69) is 20.8 Å². The van der Waals surface area contributed by atoms with Crippen molar-refractivity contribution >= 4 is 0 Å². The first-order chi connectivity index (χ1) is 14.3. The predicted octanol–water partition coefficient (Wildman–Crippen LogP) is 7.59. The van der Waals surface area contributed by atoms with Gasteiger partial charge in [-0.25, -0.2) is 4.39 Å². The van der Waals surface area contributed by atoms with Gasteiger partial charge in [-0.15, -0.1) is 0 Å². The van der Waals surface area contributed by atoms with E-state index in [9.17, 15) is 8.78 Å². The summed E-state index contributed by atoms with van der Waals surface area (Å²) >= 11 is 0. The molecule has 0 radical (unpaired) electrons. The molecule has 164 valence electrons. The Morgan fingerprint density at radius 1 is 0.933 bits per heavy atom. The first-order valence-electron chi connectivity index (χ1n) is 11.0. The third-order valence-corrected chi connectivity index (χ3v) is 5.93. The molecule has 2 aromatic rings. The molecule has 2 atom stereocenters. The number of hydrogen-bond donors (Lipinski definition) is 0. The molecular weight excluding hydrogens is 389 g/mol. The first kappa shape index (κ1) is 22.5. The van der Waals surface area contributed by atoms with Gasteiger partial charge in [0.1, 0.15) is 0 Å². The Balaban J connectivity index is 1.76. The second kappa shape index (κ2) is 9.76. The number of aryl methyl sites for hydroxylation is 1. The molecule has 1 aliphatic heterocycles. The van der Waals surface area contributed by atoms with Crippen molar-refractivity contribution in [2.24, 2.45) is 11.8 Å². The SMILES string of the molecule is CCCc1cc2c(c(F)c1F)Oc1c(ccc(OCC(C)CCC(C)CC)c1F)C2. The zero-order valence-corrected chi connectivity index (χ0v) is 18.3. The number of hydrogen-bond acceptors (Lipinski definition) is 2. The lowest BCUT2D eigenvalue weighted by Crippen LogP contribution is -2.13. The molecule has 0 aliphatic carbocycles. The second-order valence-corrected chi connectivity index (χ2v) is 8.55. The van der Waals surface area contributed by atoms with Gasteiger partial charge in [0.2, 0.25) is 11.6 Å². The molecule has 0 aromatic heterocycles. The Hall–Kier alpha value is -2.17. The molecule has 1 aliphatic rings. The summed E-state index contributed by atoms with van der Waals surface area (Å²) in [6, 6.07) is 4.96. The van der Waals surface area contributed by atoms with Gasteiger partial charge in [-0.1, -0.05) is 53.0 Å². The quantitative estimate of drug-likeness (QED) is 0.355. The predicted molar refractivity (Wildman–Crippen MR) is 113 cm³/mol. The summed E-state index contributed by atoms with van der Waals surface area (Å²) in [5, 5.41) is 0. The summed E-state index contributed by atoms with van der Waals surface area (Å²) in [7, 11) is 0. The van der Waals surface area contributed by atoms with E-state index >= 15 is 4.39 Å². The monoisotopic (exact) mass is 420 g/mol. The Morgan fingerprint density at radius 3 is 2.33 bits per heavy atom. The van der Waals surface area contributed by atoms with Crippen molar-refractivity contribution in [2.75, 3.05) is 6.61 Å². The smallest absolute Gasteiger partial charge is 0.207 e. The maximum atomic E-state index is 15.0. The van der Waals surface area contributed by atoms with Crippen molar-refractivity contribution in [3.63, 3.8) is 0 Å². The molecule has 0 saturated heterocycles. The lowest BCUT2D eigenvalue weighted by atomic mass is 9.96. The fourth-order valence-electron chi connectivity index (χ4n) is 3.75. The summed E-state index contributed by atoms with van der Waals surface area (Å²) in [6.07, 6.45) is 4.70. The van der Waals surface area contributed by atoms with Crippen molar-refractivity contribution in [1.82, 2.24) is 0 Å². The number of fused-ring (bicyclic) bond motifs is 2. The van der Waals surface area contributed by atoms with Crippen molar-refractivity contribution in [1.29, 1.82) is 0 Å². The van der Waals surface area contributed by atoms with Crippen LogP contribution in [0.4, 0.5) is 13.2 Å². The number of halogens is 3. The highest BCUT2D eigenvalue weighted by Crippen LogP contribution is 2.43. The summed E-state index contributed by atoms with van der Waals surface area (Å²) in [4.78, 5) is 0. The number of ether oxygens (including phenoxy) is 2. The van der Waals surface area contributed by atoms with Crippen LogP contribution in [0.1, 0.15) is 70.1 Å². The molecule has 0 saturated carbocycles. The summed E-state index contributed by atoms with van der Waals surface area (Å²) in [5.41, 5.74) is 1.47. The maximum absolute atomic E-state index is 15.0. The molecule has 2 aromatic carbocycles. The molecule has 0 bridgehead atoms. The average Bonchev–Trinajstić information content (AvgIpc) is 2.74. The minimum Gasteiger partial charge on any atom is -0.490 e. The molecule has 0 amide bonds. The standard InChI is InChI=1S/C25H31F3O2/c1-5-7-17-12-19-13-18-10-11-20(29-14-16(4)9-8-15(3)6-2)22(27)24(18)30-25(19)23(28)21(17)26/h10-12,15-16H,5-9,13-14H2,1-4H3. The van der Waals surface area contributed by atoms with E-state index in [0.717, 1.165) is 19.3 Å². The minimum atomic E-state index is -1.05. The van der Waals surface area contributed by atoms with Crippen LogP contribution in [0.3, 0.4) is 0 Å². The molecule has 0 N–H and O–H groups in total. The molecular formula is C25H31F3O2. The normalized spacial score (nSPS) is 14.5. The Morgan fingerprint density at radius 2 is 1.63 bits per heavy atom. The molecule has 0 spiro atoms. The van der Waals surface area contributed by atoms with E-state index in [1.54, 1.807) is 18.2 Å². The zero-order valence-electron chi connectivity index (χ0n) is 18.3. The van der Waals surface area contributed by atoms with Gasteiger partial charge in [0, 0.05) is 17.5 Å². The van der Waals surface area contributed by atoms with Gasteiger partial charge in [-0.05, 0) is 42.4 Å². The largest absolute Gasteiger partial charge is 0.490 e. The third kappa shape index (κ3) is 4.76. The zero-order chi connectivity index (χ0) is 21.8. The van der Waals surface area contributed by atoms with Crippen molar-refractivity contribution in [3.8, 4) is 17.2 Å². The van der Waals surface area contributed by atoms with Crippen LogP contribution in [-0.4, -0.2) is 6.61 Å². The lowest BCUT2D eigenvalue weighted by molar-refractivity contribution is 0.231. The van der Waals surface area contributed by atoms with E-state index in [1.165, 1.54) is 0 Å². The third-order valence-electron chi connectivity index (χ3n) is 5.93. The second-order valence-electron chi connectivity index (χ2n) is 8.55. The van der Waals surface area contributed by atoms with Gasteiger partial charge >= 0.3 is 0 Å². The van der Waals surface area contributed by atoms with Crippen LogP contribution in [-0.2, 0) is 12.8 Å². The number of benzene rings is 2. The van der Waals surface area contributed by atoms with E-state index < -0.39 is 17.5 Å². The molecule has 2 unspecified atom stereocenters. The maximum Gasteiger partial charge on any atom is 0.207 e. The highest BCUT2D eigenvalue weighted by molar-refractivity contribution is 5.54. The molecule has 0 fully saturated rings. The van der Waals surface area contributed by atoms with Crippen LogP contribution in [0.15, 0.2) is 18.2 Å². The topological polar surface area (TPSA) is 18.5 Å². The lowest BCUT2D eigenvalue weighted by Gasteiger charge is -2.23. The summed E-state index contributed by atoms with van der Waals surface area (Å²) in [5.74, 6) is -1.89. The van der Waals surface area contributed by atoms with E-state index in [4.69, 9.17) is 9.47 Å². The first-order valence-corrected chi connectivity index (χ1v) is 11.0. The van der Waals surface area contributed by atoms with Gasteiger partial charge in [-0.3, -0.25) is 0 Å². The average molecular weight is 421 g/mol. The Labute approximate surface area is 177 Å². The fourth-order valence-corrected chi connectivity index (χ4v) is 3.75. The van der Waals surface area contributed by atoms with Gasteiger partial charge < -0.3 is 9.47 Å². The van der Waals surface area contributed by atoms with Gasteiger partial charge in [0.05, 0.1) is 6.61 Å². The van der Waals surface area contributed by atoms with Crippen LogP contribution in [0, 0.1) is 29.3 Å². The van der Waals surface area contributed by atoms with E-state index in [0.29, 0.717) is 54.4 Å². The highest BCUT2D eigenvalue weighted by Gasteiger charge is 2.28. The van der Waals surface area contributed by atoms with Gasteiger partial charge in [-0.2, -0.15) is 8.78 Å². The van der Waals surface area contributed by atoms with Crippen LogP contribution < -0.4 is 9.47 Å².